The first-order chi connectivity index (χ1) is 7.25. The Morgan fingerprint density at radius 1 is 1.47 bits per heavy atom. The first-order valence-electron chi connectivity index (χ1n) is 6.05. The van der Waals surface area contributed by atoms with Gasteiger partial charge in [-0.15, -0.1) is 0 Å². The molecule has 2 rings (SSSR count). The molecular weight excluding hydrogens is 186 g/mol. The molecule has 15 heavy (non-hydrogen) atoms. The summed E-state index contributed by atoms with van der Waals surface area (Å²) in [4.78, 5) is 0. The highest BCUT2D eigenvalue weighted by Gasteiger charge is 2.21. The van der Waals surface area contributed by atoms with Gasteiger partial charge in [0.2, 0.25) is 0 Å². The van der Waals surface area contributed by atoms with Crippen molar-refractivity contribution in [2.45, 2.75) is 51.6 Å². The first kappa shape index (κ1) is 10.7. The Bertz CT molecular complexity index is 281. The van der Waals surface area contributed by atoms with Crippen molar-refractivity contribution in [2.75, 3.05) is 0 Å². The quantitative estimate of drug-likeness (QED) is 0.820. The van der Waals surface area contributed by atoms with E-state index in [1.54, 1.807) is 6.26 Å². The molecule has 84 valence electrons. The molecule has 0 spiro atoms. The lowest BCUT2D eigenvalue weighted by atomic mass is 9.87. The molecule has 2 unspecified atom stereocenters. The van der Waals surface area contributed by atoms with Gasteiger partial charge in [-0.25, -0.2) is 0 Å². The van der Waals surface area contributed by atoms with Crippen LogP contribution in [-0.4, -0.2) is 6.04 Å². The summed E-state index contributed by atoms with van der Waals surface area (Å²) in [6, 6.07) is 5.02. The van der Waals surface area contributed by atoms with Crippen molar-refractivity contribution >= 4 is 0 Å². The number of furan rings is 1. The third-order valence-electron chi connectivity index (χ3n) is 3.39. The Balaban J connectivity index is 1.86. The molecule has 1 N–H and O–H groups in total. The standard InChI is InChI=1S/C13H21NO/c1-10-5-3-6-12(9-10)14-11(2)13-7-4-8-15-13/h4,7-8,10-12,14H,3,5-6,9H2,1-2H3/t10?,11-,12?/m1/s1. The normalized spacial score (nSPS) is 28.9. The molecule has 0 aromatic carbocycles. The Hall–Kier alpha value is -0.760. The number of hydrogen-bond donors (Lipinski definition) is 1. The van der Waals surface area contributed by atoms with Gasteiger partial charge in [-0.3, -0.25) is 0 Å². The molecule has 1 fully saturated rings. The zero-order valence-corrected chi connectivity index (χ0v) is 9.70. The molecule has 1 aliphatic carbocycles. The van der Waals surface area contributed by atoms with Crippen LogP contribution in [0.4, 0.5) is 0 Å². The molecule has 2 heteroatoms. The van der Waals surface area contributed by atoms with Gasteiger partial charge >= 0.3 is 0 Å². The number of hydrogen-bond acceptors (Lipinski definition) is 2. The van der Waals surface area contributed by atoms with Gasteiger partial charge in [-0.2, -0.15) is 0 Å². The predicted molar refractivity (Wildman–Crippen MR) is 61.7 cm³/mol. The fourth-order valence-corrected chi connectivity index (χ4v) is 2.56. The van der Waals surface area contributed by atoms with E-state index in [9.17, 15) is 0 Å². The minimum Gasteiger partial charge on any atom is -0.468 e. The van der Waals surface area contributed by atoms with Crippen molar-refractivity contribution in [3.05, 3.63) is 24.2 Å². The SMILES string of the molecule is CC1CCCC(N[C@H](C)c2ccco2)C1. The zero-order valence-electron chi connectivity index (χ0n) is 9.70. The molecule has 0 radical (unpaired) electrons. The highest BCUT2D eigenvalue weighted by molar-refractivity contribution is 5.03. The molecule has 0 aliphatic heterocycles. The average molecular weight is 207 g/mol. The van der Waals surface area contributed by atoms with Gasteiger partial charge < -0.3 is 9.73 Å². The van der Waals surface area contributed by atoms with E-state index in [0.29, 0.717) is 12.1 Å². The lowest BCUT2D eigenvalue weighted by molar-refractivity contribution is 0.274. The first-order valence-corrected chi connectivity index (χ1v) is 6.05. The van der Waals surface area contributed by atoms with Crippen LogP contribution in [0.2, 0.25) is 0 Å². The minimum atomic E-state index is 0.343. The summed E-state index contributed by atoms with van der Waals surface area (Å²) >= 11 is 0. The van der Waals surface area contributed by atoms with Crippen LogP contribution in [0.15, 0.2) is 22.8 Å². The monoisotopic (exact) mass is 207 g/mol. The fraction of sp³-hybridized carbons (Fsp3) is 0.692. The van der Waals surface area contributed by atoms with Crippen molar-refractivity contribution in [1.82, 2.24) is 5.32 Å². The van der Waals surface area contributed by atoms with Crippen molar-refractivity contribution < 1.29 is 4.42 Å². The molecule has 1 heterocycles. The van der Waals surface area contributed by atoms with Crippen LogP contribution >= 0.6 is 0 Å². The van der Waals surface area contributed by atoms with E-state index < -0.39 is 0 Å². The van der Waals surface area contributed by atoms with E-state index in [2.05, 4.69) is 19.2 Å². The maximum atomic E-state index is 5.40. The number of nitrogens with one attached hydrogen (secondary N) is 1. The predicted octanol–water partition coefficient (Wildman–Crippen LogP) is 3.51. The van der Waals surface area contributed by atoms with Crippen LogP contribution in [0.3, 0.4) is 0 Å². The van der Waals surface area contributed by atoms with Crippen LogP contribution in [0.1, 0.15) is 51.3 Å². The summed E-state index contributed by atoms with van der Waals surface area (Å²) in [5.74, 6) is 1.92. The van der Waals surface area contributed by atoms with Gasteiger partial charge in [0.25, 0.3) is 0 Å². The van der Waals surface area contributed by atoms with Gasteiger partial charge in [-0.1, -0.05) is 19.8 Å². The second kappa shape index (κ2) is 4.84. The Labute approximate surface area is 92.1 Å². The summed E-state index contributed by atoms with van der Waals surface area (Å²) in [5.41, 5.74) is 0. The Morgan fingerprint density at radius 2 is 2.33 bits per heavy atom. The zero-order chi connectivity index (χ0) is 10.7. The summed E-state index contributed by atoms with van der Waals surface area (Å²) in [5, 5.41) is 3.66. The third-order valence-corrected chi connectivity index (χ3v) is 3.39. The summed E-state index contributed by atoms with van der Waals surface area (Å²) < 4.78 is 5.40. The summed E-state index contributed by atoms with van der Waals surface area (Å²) in [6.45, 7) is 4.53. The molecular formula is C13H21NO. The van der Waals surface area contributed by atoms with Gasteiger partial charge in [-0.05, 0) is 37.8 Å². The lowest BCUT2D eigenvalue weighted by Gasteiger charge is -2.29. The summed E-state index contributed by atoms with van der Waals surface area (Å²) in [7, 11) is 0. The van der Waals surface area contributed by atoms with Gasteiger partial charge in [0, 0.05) is 6.04 Å². The van der Waals surface area contributed by atoms with Gasteiger partial charge in [0.05, 0.1) is 12.3 Å². The molecule has 1 aromatic heterocycles. The van der Waals surface area contributed by atoms with E-state index >= 15 is 0 Å². The average Bonchev–Trinajstić information content (AvgIpc) is 2.70. The topological polar surface area (TPSA) is 25.2 Å². The molecule has 3 atom stereocenters. The third kappa shape index (κ3) is 2.85. The van der Waals surface area contributed by atoms with Crippen LogP contribution in [-0.2, 0) is 0 Å². The molecule has 1 saturated carbocycles. The molecule has 0 saturated heterocycles. The maximum Gasteiger partial charge on any atom is 0.120 e. The molecule has 2 nitrogen and oxygen atoms in total. The van der Waals surface area contributed by atoms with Crippen molar-refractivity contribution in [3.63, 3.8) is 0 Å². The van der Waals surface area contributed by atoms with Crippen LogP contribution < -0.4 is 5.32 Å². The van der Waals surface area contributed by atoms with Crippen LogP contribution in [0.25, 0.3) is 0 Å². The molecule has 1 aromatic rings. The Morgan fingerprint density at radius 3 is 3.00 bits per heavy atom. The largest absolute Gasteiger partial charge is 0.468 e. The van der Waals surface area contributed by atoms with E-state index in [4.69, 9.17) is 4.42 Å². The van der Waals surface area contributed by atoms with E-state index in [1.165, 1.54) is 25.7 Å². The highest BCUT2D eigenvalue weighted by atomic mass is 16.3. The van der Waals surface area contributed by atoms with Gasteiger partial charge in [0.1, 0.15) is 5.76 Å². The smallest absolute Gasteiger partial charge is 0.120 e. The molecule has 0 bridgehead atoms. The van der Waals surface area contributed by atoms with E-state index in [-0.39, 0.29) is 0 Å². The Kier molecular flexibility index (Phi) is 3.47. The minimum absolute atomic E-state index is 0.343. The molecule has 0 amide bonds. The van der Waals surface area contributed by atoms with E-state index in [1.807, 2.05) is 12.1 Å². The fourth-order valence-electron chi connectivity index (χ4n) is 2.56. The van der Waals surface area contributed by atoms with Crippen molar-refractivity contribution in [1.29, 1.82) is 0 Å². The van der Waals surface area contributed by atoms with E-state index in [0.717, 1.165) is 11.7 Å². The second-order valence-corrected chi connectivity index (χ2v) is 4.87. The van der Waals surface area contributed by atoms with Crippen molar-refractivity contribution in [3.8, 4) is 0 Å². The number of rotatable bonds is 3. The molecule has 1 aliphatic rings. The van der Waals surface area contributed by atoms with Crippen LogP contribution in [0.5, 0.6) is 0 Å². The maximum absolute atomic E-state index is 5.40. The van der Waals surface area contributed by atoms with Crippen LogP contribution in [0, 0.1) is 5.92 Å². The second-order valence-electron chi connectivity index (χ2n) is 4.87. The lowest BCUT2D eigenvalue weighted by Crippen LogP contribution is -2.35. The van der Waals surface area contributed by atoms with Crippen molar-refractivity contribution in [2.24, 2.45) is 5.92 Å². The highest BCUT2D eigenvalue weighted by Crippen LogP contribution is 2.25. The summed E-state index contributed by atoms with van der Waals surface area (Å²) in [6.07, 6.45) is 7.13. The van der Waals surface area contributed by atoms with Gasteiger partial charge in [0.15, 0.2) is 0 Å².